The molecule has 20 heavy (non-hydrogen) atoms. The maximum Gasteiger partial charge on any atom is 0.340 e. The second-order valence-corrected chi connectivity index (χ2v) is 4.40. The third kappa shape index (κ3) is 2.27. The van der Waals surface area contributed by atoms with E-state index in [1.807, 2.05) is 30.3 Å². The summed E-state index contributed by atoms with van der Waals surface area (Å²) in [6.07, 6.45) is 0. The van der Waals surface area contributed by atoms with Gasteiger partial charge in [0.05, 0.1) is 19.8 Å². The van der Waals surface area contributed by atoms with Crippen molar-refractivity contribution >= 4 is 11.9 Å². The standard InChI is InChI=1S/C15H17NO4/c1-4-20-15(18)11-12(10-8-6-5-7-9-10)16(2)14(17)13(11)19-3/h5-9,12H,4H2,1-3H3. The molecule has 5 nitrogen and oxygen atoms in total. The molecule has 1 aromatic rings. The summed E-state index contributed by atoms with van der Waals surface area (Å²) in [6.45, 7) is 1.97. The molecule has 0 bridgehead atoms. The van der Waals surface area contributed by atoms with E-state index < -0.39 is 12.0 Å². The van der Waals surface area contributed by atoms with Crippen molar-refractivity contribution in [3.8, 4) is 0 Å². The third-order valence-corrected chi connectivity index (χ3v) is 3.23. The van der Waals surface area contributed by atoms with Crippen LogP contribution in [0.4, 0.5) is 0 Å². The molecule has 1 aliphatic rings. The topological polar surface area (TPSA) is 55.8 Å². The summed E-state index contributed by atoms with van der Waals surface area (Å²) in [7, 11) is 3.03. The van der Waals surface area contributed by atoms with Crippen molar-refractivity contribution in [1.29, 1.82) is 0 Å². The largest absolute Gasteiger partial charge is 0.491 e. The highest BCUT2D eigenvalue weighted by Crippen LogP contribution is 2.37. The molecule has 0 spiro atoms. The lowest BCUT2D eigenvalue weighted by Gasteiger charge is -2.22. The number of ether oxygens (including phenoxy) is 2. The van der Waals surface area contributed by atoms with Crippen molar-refractivity contribution in [3.05, 3.63) is 47.2 Å². The molecule has 2 rings (SSSR count). The number of esters is 1. The fourth-order valence-electron chi connectivity index (χ4n) is 2.35. The highest BCUT2D eigenvalue weighted by molar-refractivity contribution is 6.06. The van der Waals surface area contributed by atoms with Crippen LogP contribution in [0.5, 0.6) is 0 Å². The van der Waals surface area contributed by atoms with E-state index in [2.05, 4.69) is 0 Å². The number of amides is 1. The first-order valence-electron chi connectivity index (χ1n) is 6.39. The fourth-order valence-corrected chi connectivity index (χ4v) is 2.35. The monoisotopic (exact) mass is 275 g/mol. The van der Waals surface area contributed by atoms with E-state index in [1.165, 1.54) is 12.0 Å². The second-order valence-electron chi connectivity index (χ2n) is 4.40. The van der Waals surface area contributed by atoms with Crippen LogP contribution < -0.4 is 0 Å². The fraction of sp³-hybridized carbons (Fsp3) is 0.333. The zero-order valence-corrected chi connectivity index (χ0v) is 11.8. The summed E-state index contributed by atoms with van der Waals surface area (Å²) in [5.41, 5.74) is 1.10. The van der Waals surface area contributed by atoms with Gasteiger partial charge in [0.15, 0.2) is 5.76 Å². The molecule has 5 heteroatoms. The van der Waals surface area contributed by atoms with Crippen molar-refractivity contribution in [1.82, 2.24) is 4.90 Å². The SMILES string of the molecule is CCOC(=O)C1=C(OC)C(=O)N(C)C1c1ccccc1. The lowest BCUT2D eigenvalue weighted by atomic mass is 10.00. The number of nitrogens with zero attached hydrogens (tertiary/aromatic N) is 1. The minimum atomic E-state index is -0.518. The van der Waals surface area contributed by atoms with Crippen LogP contribution in [-0.2, 0) is 19.1 Å². The van der Waals surface area contributed by atoms with Crippen LogP contribution in [0.15, 0.2) is 41.7 Å². The molecule has 0 aromatic heterocycles. The molecule has 1 heterocycles. The Morgan fingerprint density at radius 1 is 1.30 bits per heavy atom. The van der Waals surface area contributed by atoms with Crippen LogP contribution in [0.2, 0.25) is 0 Å². The van der Waals surface area contributed by atoms with Crippen molar-refractivity contribution in [3.63, 3.8) is 0 Å². The molecule has 1 aromatic carbocycles. The predicted molar refractivity (Wildman–Crippen MR) is 72.6 cm³/mol. The lowest BCUT2D eigenvalue weighted by Crippen LogP contribution is -2.27. The maximum absolute atomic E-state index is 12.2. The average Bonchev–Trinajstić information content (AvgIpc) is 2.72. The van der Waals surface area contributed by atoms with Gasteiger partial charge in [-0.25, -0.2) is 4.79 Å². The van der Waals surface area contributed by atoms with E-state index in [0.717, 1.165) is 5.56 Å². The van der Waals surface area contributed by atoms with Crippen LogP contribution in [0.25, 0.3) is 0 Å². The van der Waals surface area contributed by atoms with Gasteiger partial charge >= 0.3 is 5.97 Å². The number of hydrogen-bond acceptors (Lipinski definition) is 4. The Kier molecular flexibility index (Phi) is 4.08. The Balaban J connectivity index is 2.51. The molecule has 106 valence electrons. The summed E-state index contributed by atoms with van der Waals surface area (Å²) in [5, 5.41) is 0. The third-order valence-electron chi connectivity index (χ3n) is 3.23. The van der Waals surface area contributed by atoms with Crippen LogP contribution in [-0.4, -0.2) is 37.5 Å². The highest BCUT2D eigenvalue weighted by Gasteiger charge is 2.43. The average molecular weight is 275 g/mol. The highest BCUT2D eigenvalue weighted by atomic mass is 16.5. The van der Waals surface area contributed by atoms with Gasteiger partial charge in [0.1, 0.15) is 5.57 Å². The van der Waals surface area contributed by atoms with E-state index in [4.69, 9.17) is 9.47 Å². The smallest absolute Gasteiger partial charge is 0.340 e. The normalized spacial score (nSPS) is 18.4. The number of methoxy groups -OCH3 is 1. The number of hydrogen-bond donors (Lipinski definition) is 0. The first kappa shape index (κ1) is 14.1. The summed E-state index contributed by atoms with van der Waals surface area (Å²) in [6, 6.07) is 8.87. The van der Waals surface area contributed by atoms with Gasteiger partial charge in [-0.15, -0.1) is 0 Å². The number of rotatable bonds is 4. The Labute approximate surface area is 117 Å². The van der Waals surface area contributed by atoms with Gasteiger partial charge in [-0.1, -0.05) is 30.3 Å². The molecule has 1 aliphatic heterocycles. The van der Waals surface area contributed by atoms with E-state index in [-0.39, 0.29) is 23.8 Å². The quantitative estimate of drug-likeness (QED) is 0.784. The van der Waals surface area contributed by atoms with Gasteiger partial charge < -0.3 is 14.4 Å². The Morgan fingerprint density at radius 3 is 2.50 bits per heavy atom. The first-order valence-corrected chi connectivity index (χ1v) is 6.39. The maximum atomic E-state index is 12.2. The van der Waals surface area contributed by atoms with Crippen LogP contribution in [0, 0.1) is 0 Å². The number of likely N-dealkylation sites (N-methyl/N-ethyl adjacent to an activating group) is 1. The van der Waals surface area contributed by atoms with E-state index >= 15 is 0 Å². The molecule has 0 saturated carbocycles. The molecular weight excluding hydrogens is 258 g/mol. The molecule has 0 fully saturated rings. The van der Waals surface area contributed by atoms with Gasteiger partial charge in [-0.05, 0) is 12.5 Å². The molecule has 0 radical (unpaired) electrons. The molecule has 0 saturated heterocycles. The van der Waals surface area contributed by atoms with Gasteiger partial charge in [-0.2, -0.15) is 0 Å². The van der Waals surface area contributed by atoms with Gasteiger partial charge in [0.25, 0.3) is 5.91 Å². The minimum Gasteiger partial charge on any atom is -0.491 e. The Hall–Kier alpha value is -2.30. The Bertz CT molecular complexity index is 550. The van der Waals surface area contributed by atoms with Gasteiger partial charge in [0.2, 0.25) is 0 Å². The summed E-state index contributed by atoms with van der Waals surface area (Å²) >= 11 is 0. The predicted octanol–water partition coefficient (Wildman–Crippen LogP) is 1.66. The summed E-state index contributed by atoms with van der Waals surface area (Å²) in [5.74, 6) is -0.778. The van der Waals surface area contributed by atoms with E-state index in [0.29, 0.717) is 0 Å². The van der Waals surface area contributed by atoms with E-state index in [9.17, 15) is 9.59 Å². The second kappa shape index (κ2) is 5.77. The number of carbonyl (C=O) groups is 2. The zero-order chi connectivity index (χ0) is 14.7. The summed E-state index contributed by atoms with van der Waals surface area (Å²) in [4.78, 5) is 25.8. The molecule has 1 amide bonds. The summed E-state index contributed by atoms with van der Waals surface area (Å²) < 4.78 is 10.2. The van der Waals surface area contributed by atoms with Crippen molar-refractivity contribution < 1.29 is 19.1 Å². The zero-order valence-electron chi connectivity index (χ0n) is 11.8. The number of carbonyl (C=O) groups excluding carboxylic acids is 2. The lowest BCUT2D eigenvalue weighted by molar-refractivity contribution is -0.139. The van der Waals surface area contributed by atoms with Gasteiger partial charge in [0, 0.05) is 7.05 Å². The molecular formula is C15H17NO4. The minimum absolute atomic E-state index is 0.0554. The molecule has 1 atom stereocenters. The Morgan fingerprint density at radius 2 is 1.95 bits per heavy atom. The first-order chi connectivity index (χ1) is 9.61. The molecule has 0 N–H and O–H groups in total. The van der Waals surface area contributed by atoms with Crippen LogP contribution in [0.1, 0.15) is 18.5 Å². The molecule has 0 aliphatic carbocycles. The van der Waals surface area contributed by atoms with E-state index in [1.54, 1.807) is 14.0 Å². The van der Waals surface area contributed by atoms with Crippen molar-refractivity contribution in [2.24, 2.45) is 0 Å². The van der Waals surface area contributed by atoms with Crippen LogP contribution >= 0.6 is 0 Å². The number of benzene rings is 1. The van der Waals surface area contributed by atoms with Gasteiger partial charge in [-0.3, -0.25) is 4.79 Å². The molecule has 1 unspecified atom stereocenters. The van der Waals surface area contributed by atoms with Crippen molar-refractivity contribution in [2.45, 2.75) is 13.0 Å². The van der Waals surface area contributed by atoms with Crippen LogP contribution in [0.3, 0.4) is 0 Å². The van der Waals surface area contributed by atoms with Crippen molar-refractivity contribution in [2.75, 3.05) is 20.8 Å².